The van der Waals surface area contributed by atoms with Crippen LogP contribution in [0.5, 0.6) is 0 Å². The second kappa shape index (κ2) is 7.87. The molecule has 0 radical (unpaired) electrons. The highest BCUT2D eigenvalue weighted by atomic mass is 35.5. The molecule has 1 atom stereocenters. The molecule has 1 heterocycles. The predicted molar refractivity (Wildman–Crippen MR) is 85.7 cm³/mol. The molecule has 0 aromatic heterocycles. The number of ether oxygens (including phenoxy) is 1. The van der Waals surface area contributed by atoms with Crippen molar-refractivity contribution in [3.63, 3.8) is 0 Å². The minimum Gasteiger partial charge on any atom is -0.376 e. The predicted octanol–water partition coefficient (Wildman–Crippen LogP) is 3.45. The number of nitrogens with one attached hydrogen (secondary N) is 1. The van der Waals surface area contributed by atoms with Gasteiger partial charge in [-0.2, -0.15) is 0 Å². The van der Waals surface area contributed by atoms with Gasteiger partial charge in [-0.25, -0.2) is 0 Å². The summed E-state index contributed by atoms with van der Waals surface area (Å²) in [5.41, 5.74) is 2.42. The standard InChI is InChI=1S/C16H25ClN2O/c1-3-18-11-13-7-5-9-15(17)16(13)19(4-2)12-14-8-6-10-20-14/h5,7,9,14,18H,3-4,6,8,10-12H2,1-2H3. The van der Waals surface area contributed by atoms with Gasteiger partial charge in [0.15, 0.2) is 0 Å². The van der Waals surface area contributed by atoms with Gasteiger partial charge in [-0.1, -0.05) is 30.7 Å². The fraction of sp³-hybridized carbons (Fsp3) is 0.625. The molecule has 1 aliphatic heterocycles. The molecular weight excluding hydrogens is 272 g/mol. The van der Waals surface area contributed by atoms with Gasteiger partial charge >= 0.3 is 0 Å². The smallest absolute Gasteiger partial charge is 0.0750 e. The molecule has 1 saturated heterocycles. The largest absolute Gasteiger partial charge is 0.376 e. The van der Waals surface area contributed by atoms with E-state index in [1.807, 2.05) is 12.1 Å². The first kappa shape index (κ1) is 15.6. The van der Waals surface area contributed by atoms with E-state index in [1.54, 1.807) is 0 Å². The molecule has 1 unspecified atom stereocenters. The van der Waals surface area contributed by atoms with Crippen LogP contribution in [0.4, 0.5) is 5.69 Å². The molecule has 112 valence electrons. The number of halogens is 1. The molecule has 4 heteroatoms. The van der Waals surface area contributed by atoms with E-state index >= 15 is 0 Å². The van der Waals surface area contributed by atoms with Crippen molar-refractivity contribution in [1.29, 1.82) is 0 Å². The Balaban J connectivity index is 2.17. The average Bonchev–Trinajstić information content (AvgIpc) is 2.96. The molecule has 0 spiro atoms. The zero-order chi connectivity index (χ0) is 14.4. The molecule has 20 heavy (non-hydrogen) atoms. The Labute approximate surface area is 127 Å². The van der Waals surface area contributed by atoms with E-state index in [0.29, 0.717) is 6.10 Å². The third kappa shape index (κ3) is 3.87. The Morgan fingerprint density at radius 3 is 2.90 bits per heavy atom. The maximum atomic E-state index is 6.46. The van der Waals surface area contributed by atoms with E-state index in [0.717, 1.165) is 49.9 Å². The summed E-state index contributed by atoms with van der Waals surface area (Å²) in [7, 11) is 0. The summed E-state index contributed by atoms with van der Waals surface area (Å²) in [5, 5.41) is 4.22. The lowest BCUT2D eigenvalue weighted by Crippen LogP contribution is -2.33. The topological polar surface area (TPSA) is 24.5 Å². The van der Waals surface area contributed by atoms with Gasteiger partial charge in [-0.3, -0.25) is 0 Å². The van der Waals surface area contributed by atoms with Gasteiger partial charge < -0.3 is 15.0 Å². The van der Waals surface area contributed by atoms with E-state index in [-0.39, 0.29) is 0 Å². The Kier molecular flexibility index (Phi) is 6.14. The number of hydrogen-bond acceptors (Lipinski definition) is 3. The molecule has 1 fully saturated rings. The molecule has 2 rings (SSSR count). The first-order chi connectivity index (χ1) is 9.76. The molecule has 0 aliphatic carbocycles. The highest BCUT2D eigenvalue weighted by Crippen LogP contribution is 2.31. The quantitative estimate of drug-likeness (QED) is 0.834. The van der Waals surface area contributed by atoms with E-state index in [9.17, 15) is 0 Å². The minimum absolute atomic E-state index is 0.346. The summed E-state index contributed by atoms with van der Waals surface area (Å²) in [6.45, 7) is 8.89. The van der Waals surface area contributed by atoms with Gasteiger partial charge in [0.2, 0.25) is 0 Å². The number of likely N-dealkylation sites (N-methyl/N-ethyl adjacent to an activating group) is 1. The molecule has 0 bridgehead atoms. The van der Waals surface area contributed by atoms with Crippen LogP contribution in [-0.2, 0) is 11.3 Å². The van der Waals surface area contributed by atoms with Crippen LogP contribution < -0.4 is 10.2 Å². The van der Waals surface area contributed by atoms with Crippen LogP contribution in [0, 0.1) is 0 Å². The van der Waals surface area contributed by atoms with Crippen LogP contribution in [0.2, 0.25) is 5.02 Å². The van der Waals surface area contributed by atoms with E-state index in [1.165, 1.54) is 12.0 Å². The number of nitrogens with zero attached hydrogens (tertiary/aromatic N) is 1. The van der Waals surface area contributed by atoms with Crippen molar-refractivity contribution >= 4 is 17.3 Å². The highest BCUT2D eigenvalue weighted by molar-refractivity contribution is 6.33. The second-order valence-corrected chi connectivity index (χ2v) is 5.61. The summed E-state index contributed by atoms with van der Waals surface area (Å²) in [5.74, 6) is 0. The van der Waals surface area contributed by atoms with Crippen LogP contribution in [0.25, 0.3) is 0 Å². The van der Waals surface area contributed by atoms with Gasteiger partial charge in [0.1, 0.15) is 0 Å². The van der Waals surface area contributed by atoms with Crippen molar-refractivity contribution in [2.75, 3.05) is 31.1 Å². The maximum Gasteiger partial charge on any atom is 0.0750 e. The number of rotatable bonds is 7. The minimum atomic E-state index is 0.346. The number of para-hydroxylation sites is 1. The van der Waals surface area contributed by atoms with E-state index in [2.05, 4.69) is 30.1 Å². The van der Waals surface area contributed by atoms with Gasteiger partial charge in [0.05, 0.1) is 16.8 Å². The summed E-state index contributed by atoms with van der Waals surface area (Å²) in [4.78, 5) is 2.35. The number of hydrogen-bond donors (Lipinski definition) is 1. The maximum absolute atomic E-state index is 6.46. The lowest BCUT2D eigenvalue weighted by atomic mass is 10.1. The van der Waals surface area contributed by atoms with Crippen LogP contribution in [0.1, 0.15) is 32.3 Å². The van der Waals surface area contributed by atoms with Crippen molar-refractivity contribution in [2.45, 2.75) is 39.3 Å². The second-order valence-electron chi connectivity index (χ2n) is 5.20. The molecule has 1 aromatic rings. The fourth-order valence-corrected chi connectivity index (χ4v) is 3.04. The van der Waals surface area contributed by atoms with Gasteiger partial charge in [0.25, 0.3) is 0 Å². The number of anilines is 1. The van der Waals surface area contributed by atoms with Crippen LogP contribution >= 0.6 is 11.6 Å². The molecular formula is C16H25ClN2O. The van der Waals surface area contributed by atoms with Crippen molar-refractivity contribution in [3.8, 4) is 0 Å². The summed E-state index contributed by atoms with van der Waals surface area (Å²) >= 11 is 6.46. The van der Waals surface area contributed by atoms with E-state index in [4.69, 9.17) is 16.3 Å². The molecule has 0 amide bonds. The monoisotopic (exact) mass is 296 g/mol. The van der Waals surface area contributed by atoms with Crippen LogP contribution in [0.15, 0.2) is 18.2 Å². The third-order valence-electron chi connectivity index (χ3n) is 3.78. The Hall–Kier alpha value is -0.770. The first-order valence-electron chi connectivity index (χ1n) is 7.60. The van der Waals surface area contributed by atoms with Crippen molar-refractivity contribution in [1.82, 2.24) is 5.32 Å². The van der Waals surface area contributed by atoms with Gasteiger partial charge in [-0.15, -0.1) is 0 Å². The van der Waals surface area contributed by atoms with Crippen molar-refractivity contribution in [3.05, 3.63) is 28.8 Å². The molecule has 3 nitrogen and oxygen atoms in total. The number of benzene rings is 1. The SMILES string of the molecule is CCNCc1cccc(Cl)c1N(CC)CC1CCCO1. The lowest BCUT2D eigenvalue weighted by molar-refractivity contribution is 0.115. The zero-order valence-corrected chi connectivity index (χ0v) is 13.2. The molecule has 0 saturated carbocycles. The van der Waals surface area contributed by atoms with Gasteiger partial charge in [0, 0.05) is 26.2 Å². The van der Waals surface area contributed by atoms with Crippen LogP contribution in [-0.4, -0.2) is 32.3 Å². The van der Waals surface area contributed by atoms with Gasteiger partial charge in [-0.05, 0) is 37.9 Å². The highest BCUT2D eigenvalue weighted by Gasteiger charge is 2.21. The third-order valence-corrected chi connectivity index (χ3v) is 4.09. The summed E-state index contributed by atoms with van der Waals surface area (Å²) in [6, 6.07) is 6.16. The molecule has 1 N–H and O–H groups in total. The normalized spacial score (nSPS) is 18.4. The molecule has 1 aliphatic rings. The Morgan fingerprint density at radius 2 is 2.25 bits per heavy atom. The average molecular weight is 297 g/mol. The Bertz CT molecular complexity index is 419. The molecule has 1 aromatic carbocycles. The van der Waals surface area contributed by atoms with E-state index < -0.39 is 0 Å². The van der Waals surface area contributed by atoms with Crippen LogP contribution in [0.3, 0.4) is 0 Å². The summed E-state index contributed by atoms with van der Waals surface area (Å²) in [6.07, 6.45) is 2.68. The van der Waals surface area contributed by atoms with Crippen molar-refractivity contribution in [2.24, 2.45) is 0 Å². The van der Waals surface area contributed by atoms with Crippen molar-refractivity contribution < 1.29 is 4.74 Å². The summed E-state index contributed by atoms with van der Waals surface area (Å²) < 4.78 is 5.77. The lowest BCUT2D eigenvalue weighted by Gasteiger charge is -2.29. The first-order valence-corrected chi connectivity index (χ1v) is 7.98. The Morgan fingerprint density at radius 1 is 1.40 bits per heavy atom. The zero-order valence-electron chi connectivity index (χ0n) is 12.5. The fourth-order valence-electron chi connectivity index (χ4n) is 2.73.